The van der Waals surface area contributed by atoms with Crippen LogP contribution in [0, 0.1) is 0 Å². The molecule has 0 aliphatic carbocycles. The Morgan fingerprint density at radius 1 is 1.19 bits per heavy atom. The Bertz CT molecular complexity index is 526. The van der Waals surface area contributed by atoms with Crippen LogP contribution in [0.3, 0.4) is 0 Å². The molecule has 0 spiro atoms. The van der Waals surface area contributed by atoms with Crippen LogP contribution in [0.2, 0.25) is 0 Å². The van der Waals surface area contributed by atoms with Crippen molar-refractivity contribution in [3.05, 3.63) is 54.4 Å². The van der Waals surface area contributed by atoms with E-state index < -0.39 is 0 Å². The minimum absolute atomic E-state index is 0.360. The van der Waals surface area contributed by atoms with Gasteiger partial charge in [0.05, 0.1) is 12.6 Å². The van der Waals surface area contributed by atoms with Gasteiger partial charge in [-0.05, 0) is 37.4 Å². The van der Waals surface area contributed by atoms with Crippen LogP contribution in [-0.4, -0.2) is 38.9 Å². The predicted molar refractivity (Wildman–Crippen MR) is 82.8 cm³/mol. The lowest BCUT2D eigenvalue weighted by Crippen LogP contribution is -2.33. The molecule has 1 aliphatic rings. The summed E-state index contributed by atoms with van der Waals surface area (Å²) in [7, 11) is 0. The molecule has 0 radical (unpaired) electrons. The second-order valence-corrected chi connectivity index (χ2v) is 5.76. The molecule has 0 amide bonds. The lowest BCUT2D eigenvalue weighted by Gasteiger charge is -2.26. The molecule has 1 saturated heterocycles. The molecule has 0 saturated carbocycles. The van der Waals surface area contributed by atoms with Crippen LogP contribution in [0.15, 0.2) is 48.8 Å². The summed E-state index contributed by atoms with van der Waals surface area (Å²) in [6.45, 7) is 3.06. The third-order valence-electron chi connectivity index (χ3n) is 4.35. The van der Waals surface area contributed by atoms with Crippen LogP contribution >= 0.6 is 0 Å². The zero-order valence-corrected chi connectivity index (χ0v) is 12.3. The smallest absolute Gasteiger partial charge is 0.0805 e. The van der Waals surface area contributed by atoms with Crippen molar-refractivity contribution in [2.75, 3.05) is 13.1 Å². The molecule has 1 aromatic heterocycles. The maximum Gasteiger partial charge on any atom is 0.0805 e. The average Bonchev–Trinajstić information content (AvgIpc) is 3.17. The van der Waals surface area contributed by atoms with E-state index in [1.165, 1.54) is 12.8 Å². The van der Waals surface area contributed by atoms with Gasteiger partial charge in [0.2, 0.25) is 0 Å². The van der Waals surface area contributed by atoms with Gasteiger partial charge in [-0.1, -0.05) is 30.3 Å². The SMILES string of the molecule is OC(CC1CCCN1CCn1cccn1)c1ccccc1. The van der Waals surface area contributed by atoms with Gasteiger partial charge in [0.15, 0.2) is 0 Å². The van der Waals surface area contributed by atoms with Crippen LogP contribution < -0.4 is 0 Å². The molecule has 2 atom stereocenters. The van der Waals surface area contributed by atoms with Crippen molar-refractivity contribution in [3.8, 4) is 0 Å². The topological polar surface area (TPSA) is 41.3 Å². The highest BCUT2D eigenvalue weighted by Gasteiger charge is 2.26. The minimum atomic E-state index is -0.360. The number of aliphatic hydroxyl groups excluding tert-OH is 1. The first-order valence-electron chi connectivity index (χ1n) is 7.77. The zero-order chi connectivity index (χ0) is 14.5. The molecule has 4 nitrogen and oxygen atoms in total. The first-order chi connectivity index (χ1) is 10.3. The van der Waals surface area contributed by atoms with Crippen LogP contribution in [0.25, 0.3) is 0 Å². The lowest BCUT2D eigenvalue weighted by molar-refractivity contribution is 0.118. The highest BCUT2D eigenvalue weighted by atomic mass is 16.3. The van der Waals surface area contributed by atoms with E-state index >= 15 is 0 Å². The van der Waals surface area contributed by atoms with Gasteiger partial charge in [-0.3, -0.25) is 9.58 Å². The Kier molecular flexibility index (Phi) is 4.68. The highest BCUT2D eigenvalue weighted by molar-refractivity contribution is 5.17. The van der Waals surface area contributed by atoms with Crippen molar-refractivity contribution in [1.82, 2.24) is 14.7 Å². The largest absolute Gasteiger partial charge is 0.388 e. The maximum atomic E-state index is 10.4. The summed E-state index contributed by atoms with van der Waals surface area (Å²) >= 11 is 0. The van der Waals surface area contributed by atoms with Crippen molar-refractivity contribution >= 4 is 0 Å². The lowest BCUT2D eigenvalue weighted by atomic mass is 10.0. The first-order valence-corrected chi connectivity index (χ1v) is 7.77. The first kappa shape index (κ1) is 14.3. The molecule has 0 bridgehead atoms. The van der Waals surface area contributed by atoms with Gasteiger partial charge in [0.1, 0.15) is 0 Å². The number of hydrogen-bond acceptors (Lipinski definition) is 3. The number of aromatic nitrogens is 2. The molecular formula is C17H23N3O. The molecule has 4 heteroatoms. The van der Waals surface area contributed by atoms with E-state index in [4.69, 9.17) is 0 Å². The zero-order valence-electron chi connectivity index (χ0n) is 12.3. The second-order valence-electron chi connectivity index (χ2n) is 5.76. The third kappa shape index (κ3) is 3.71. The van der Waals surface area contributed by atoms with Crippen molar-refractivity contribution in [3.63, 3.8) is 0 Å². The van der Waals surface area contributed by atoms with Crippen LogP contribution in [0.4, 0.5) is 0 Å². The Morgan fingerprint density at radius 3 is 2.81 bits per heavy atom. The van der Waals surface area contributed by atoms with E-state index in [2.05, 4.69) is 10.00 Å². The van der Waals surface area contributed by atoms with Crippen LogP contribution in [0.5, 0.6) is 0 Å². The molecule has 1 N–H and O–H groups in total. The fourth-order valence-electron chi connectivity index (χ4n) is 3.19. The third-order valence-corrected chi connectivity index (χ3v) is 4.35. The van der Waals surface area contributed by atoms with Gasteiger partial charge in [-0.25, -0.2) is 0 Å². The van der Waals surface area contributed by atoms with Crippen molar-refractivity contribution in [1.29, 1.82) is 0 Å². The average molecular weight is 285 g/mol. The summed E-state index contributed by atoms with van der Waals surface area (Å²) in [5.74, 6) is 0. The van der Waals surface area contributed by atoms with Gasteiger partial charge in [-0.2, -0.15) is 5.10 Å². The Labute approximate surface area is 126 Å². The Morgan fingerprint density at radius 2 is 2.05 bits per heavy atom. The molecule has 3 rings (SSSR count). The van der Waals surface area contributed by atoms with E-state index in [0.717, 1.165) is 31.6 Å². The number of rotatable bonds is 6. The minimum Gasteiger partial charge on any atom is -0.388 e. The molecule has 1 fully saturated rings. The Hall–Kier alpha value is -1.65. The molecule has 1 aromatic carbocycles. The molecule has 21 heavy (non-hydrogen) atoms. The number of aliphatic hydroxyl groups is 1. The van der Waals surface area contributed by atoms with E-state index in [9.17, 15) is 5.11 Å². The number of nitrogens with zero attached hydrogens (tertiary/aromatic N) is 3. The van der Waals surface area contributed by atoms with Gasteiger partial charge in [-0.15, -0.1) is 0 Å². The number of hydrogen-bond donors (Lipinski definition) is 1. The summed E-state index contributed by atoms with van der Waals surface area (Å²) in [5, 5.41) is 14.7. The van der Waals surface area contributed by atoms with Crippen LogP contribution in [-0.2, 0) is 6.54 Å². The molecule has 2 aromatic rings. The predicted octanol–water partition coefficient (Wildman–Crippen LogP) is 2.47. The van der Waals surface area contributed by atoms with Gasteiger partial charge in [0.25, 0.3) is 0 Å². The van der Waals surface area contributed by atoms with Crippen LogP contribution in [0.1, 0.15) is 30.9 Å². The normalized spacial score (nSPS) is 20.7. The quantitative estimate of drug-likeness (QED) is 0.886. The fourth-order valence-corrected chi connectivity index (χ4v) is 3.19. The monoisotopic (exact) mass is 285 g/mol. The molecule has 2 unspecified atom stereocenters. The van der Waals surface area contributed by atoms with Gasteiger partial charge >= 0.3 is 0 Å². The van der Waals surface area contributed by atoms with E-state index in [-0.39, 0.29) is 6.10 Å². The highest BCUT2D eigenvalue weighted by Crippen LogP contribution is 2.27. The standard InChI is InChI=1S/C17H23N3O/c21-17(15-6-2-1-3-7-15)14-16-8-4-10-19(16)12-13-20-11-5-9-18-20/h1-3,5-7,9,11,16-17,21H,4,8,10,12-14H2. The summed E-state index contributed by atoms with van der Waals surface area (Å²) in [4.78, 5) is 2.49. The van der Waals surface area contributed by atoms with E-state index in [1.807, 2.05) is 53.5 Å². The summed E-state index contributed by atoms with van der Waals surface area (Å²) < 4.78 is 1.98. The van der Waals surface area contributed by atoms with E-state index in [0.29, 0.717) is 6.04 Å². The fraction of sp³-hybridized carbons (Fsp3) is 0.471. The van der Waals surface area contributed by atoms with Crippen molar-refractivity contribution < 1.29 is 5.11 Å². The van der Waals surface area contributed by atoms with E-state index in [1.54, 1.807) is 0 Å². The molecule has 2 heterocycles. The number of likely N-dealkylation sites (tertiary alicyclic amines) is 1. The summed E-state index contributed by atoms with van der Waals surface area (Å²) in [5.41, 5.74) is 1.02. The van der Waals surface area contributed by atoms with Crippen molar-refractivity contribution in [2.24, 2.45) is 0 Å². The molecule has 1 aliphatic heterocycles. The van der Waals surface area contributed by atoms with Gasteiger partial charge < -0.3 is 5.11 Å². The Balaban J connectivity index is 1.54. The maximum absolute atomic E-state index is 10.4. The molecule has 112 valence electrons. The summed E-state index contributed by atoms with van der Waals surface area (Å²) in [6, 6.07) is 12.4. The molecular weight excluding hydrogens is 262 g/mol. The van der Waals surface area contributed by atoms with Gasteiger partial charge in [0, 0.05) is 25.0 Å². The second kappa shape index (κ2) is 6.87. The van der Waals surface area contributed by atoms with Crippen molar-refractivity contribution in [2.45, 2.75) is 38.0 Å². The summed E-state index contributed by atoms with van der Waals surface area (Å²) in [6.07, 6.45) is 6.70. The number of benzene rings is 1.